The molecule has 0 aliphatic rings. The van der Waals surface area contributed by atoms with Gasteiger partial charge in [-0.1, -0.05) is 13.0 Å². The number of guanidine groups is 1. The van der Waals surface area contributed by atoms with Crippen LogP contribution in [0, 0.1) is 5.82 Å². The Kier molecular flexibility index (Phi) is 9.91. The lowest BCUT2D eigenvalue weighted by Crippen LogP contribution is -2.43. The highest BCUT2D eigenvalue weighted by atomic mass is 32.2. The number of carbonyl (C=O) groups is 1. The van der Waals surface area contributed by atoms with Crippen LogP contribution >= 0.6 is 11.8 Å². The normalized spacial score (nSPS) is 11.2. The fraction of sp³-hybridized carbons (Fsp3) is 0.529. The summed E-state index contributed by atoms with van der Waals surface area (Å²) in [7, 11) is 0. The van der Waals surface area contributed by atoms with E-state index in [-0.39, 0.29) is 18.3 Å². The lowest BCUT2D eigenvalue weighted by atomic mass is 10.1. The van der Waals surface area contributed by atoms with E-state index in [1.165, 1.54) is 6.07 Å². The van der Waals surface area contributed by atoms with Crippen LogP contribution < -0.4 is 16.0 Å². The third-order valence-corrected chi connectivity index (χ3v) is 3.81. The molecule has 7 heteroatoms. The fourth-order valence-corrected chi connectivity index (χ4v) is 2.62. The highest BCUT2D eigenvalue weighted by Gasteiger charge is 2.06. The maximum absolute atomic E-state index is 13.4. The minimum absolute atomic E-state index is 0.0627. The highest BCUT2D eigenvalue weighted by Crippen LogP contribution is 2.17. The molecule has 0 bridgehead atoms. The molecule has 0 saturated carbocycles. The van der Waals surface area contributed by atoms with E-state index < -0.39 is 0 Å². The molecule has 5 nitrogen and oxygen atoms in total. The van der Waals surface area contributed by atoms with Crippen molar-refractivity contribution in [2.24, 2.45) is 4.99 Å². The van der Waals surface area contributed by atoms with Gasteiger partial charge in [0.15, 0.2) is 5.96 Å². The first-order valence-corrected chi connectivity index (χ1v) is 9.55. The van der Waals surface area contributed by atoms with Crippen molar-refractivity contribution in [2.45, 2.75) is 32.6 Å². The second kappa shape index (κ2) is 11.7. The van der Waals surface area contributed by atoms with Gasteiger partial charge < -0.3 is 16.0 Å². The smallest absolute Gasteiger partial charge is 0.239 e. The largest absolute Gasteiger partial charge is 0.357 e. The Balaban J connectivity index is 2.70. The zero-order valence-corrected chi connectivity index (χ0v) is 15.4. The maximum atomic E-state index is 13.4. The molecule has 0 unspecified atom stereocenters. The van der Waals surface area contributed by atoms with Crippen LogP contribution in [0.15, 0.2) is 23.2 Å². The summed E-state index contributed by atoms with van der Waals surface area (Å²) in [6.45, 7) is 5.94. The van der Waals surface area contributed by atoms with Gasteiger partial charge in [0.2, 0.25) is 5.91 Å². The van der Waals surface area contributed by atoms with E-state index in [0.717, 1.165) is 23.3 Å². The van der Waals surface area contributed by atoms with Crippen molar-refractivity contribution in [3.63, 3.8) is 0 Å². The van der Waals surface area contributed by atoms with Gasteiger partial charge in [0.25, 0.3) is 0 Å². The third kappa shape index (κ3) is 7.68. The van der Waals surface area contributed by atoms with Crippen LogP contribution in [0.5, 0.6) is 0 Å². The summed E-state index contributed by atoms with van der Waals surface area (Å²) in [6, 6.07) is 4.77. The van der Waals surface area contributed by atoms with Crippen molar-refractivity contribution < 1.29 is 9.18 Å². The molecule has 0 aliphatic heterocycles. The first kappa shape index (κ1) is 20.3. The molecule has 1 aromatic carbocycles. The Bertz CT molecular complexity index is 551. The van der Waals surface area contributed by atoms with E-state index in [1.807, 2.05) is 20.1 Å². The van der Waals surface area contributed by atoms with Gasteiger partial charge >= 0.3 is 0 Å². The number of nitrogens with one attached hydrogen (secondary N) is 3. The van der Waals surface area contributed by atoms with E-state index >= 15 is 0 Å². The first-order chi connectivity index (χ1) is 11.6. The van der Waals surface area contributed by atoms with Crippen molar-refractivity contribution in [3.05, 3.63) is 35.1 Å². The molecule has 1 rings (SSSR count). The van der Waals surface area contributed by atoms with Gasteiger partial charge in [-0.3, -0.25) is 4.79 Å². The molecule has 0 fully saturated rings. The van der Waals surface area contributed by atoms with Crippen LogP contribution in [0.2, 0.25) is 0 Å². The van der Waals surface area contributed by atoms with E-state index in [9.17, 15) is 9.18 Å². The number of nitrogens with zero attached hydrogens (tertiary/aromatic N) is 1. The Labute approximate surface area is 147 Å². The van der Waals surface area contributed by atoms with E-state index in [0.29, 0.717) is 25.6 Å². The van der Waals surface area contributed by atoms with Crippen LogP contribution in [0.25, 0.3) is 0 Å². The van der Waals surface area contributed by atoms with Crippen LogP contribution in [0.3, 0.4) is 0 Å². The van der Waals surface area contributed by atoms with Crippen molar-refractivity contribution in [3.8, 4) is 0 Å². The van der Waals surface area contributed by atoms with Crippen LogP contribution in [-0.2, 0) is 17.1 Å². The minimum atomic E-state index is -0.232. The summed E-state index contributed by atoms with van der Waals surface area (Å²) < 4.78 is 13.4. The standard InChI is InChI=1S/C17H27FN4OS/c1-4-8-20-16(23)11-22-17(19-5-2)21-10-13-6-7-15(18)9-14(13)12-24-3/h6-7,9H,4-5,8,10-12H2,1-3H3,(H,20,23)(H2,19,21,22). The summed E-state index contributed by atoms with van der Waals surface area (Å²) in [4.78, 5) is 16.2. The number of thioether (sulfide) groups is 1. The summed E-state index contributed by atoms with van der Waals surface area (Å²) >= 11 is 1.64. The molecule has 134 valence electrons. The molecule has 0 heterocycles. The molecular weight excluding hydrogens is 327 g/mol. The van der Waals surface area contributed by atoms with Gasteiger partial charge in [-0.25, -0.2) is 9.38 Å². The van der Waals surface area contributed by atoms with Crippen molar-refractivity contribution in [2.75, 3.05) is 25.9 Å². The molecule has 0 aliphatic carbocycles. The van der Waals surface area contributed by atoms with E-state index in [1.54, 1.807) is 23.9 Å². The predicted molar refractivity (Wildman–Crippen MR) is 99.7 cm³/mol. The van der Waals surface area contributed by atoms with Gasteiger partial charge in [-0.05, 0) is 42.9 Å². The Hall–Kier alpha value is -1.76. The van der Waals surface area contributed by atoms with E-state index in [4.69, 9.17) is 0 Å². The second-order valence-corrected chi connectivity index (χ2v) is 6.11. The Morgan fingerprint density at radius 1 is 1.21 bits per heavy atom. The van der Waals surface area contributed by atoms with Gasteiger partial charge in [-0.2, -0.15) is 11.8 Å². The molecule has 0 spiro atoms. The molecule has 1 amide bonds. The Morgan fingerprint density at radius 2 is 2.00 bits per heavy atom. The van der Waals surface area contributed by atoms with E-state index in [2.05, 4.69) is 20.9 Å². The highest BCUT2D eigenvalue weighted by molar-refractivity contribution is 7.97. The molecule has 24 heavy (non-hydrogen) atoms. The molecule has 1 aromatic rings. The van der Waals surface area contributed by atoms with Gasteiger partial charge in [0.05, 0.1) is 13.1 Å². The fourth-order valence-electron chi connectivity index (χ4n) is 2.04. The molecule has 0 atom stereocenters. The molecule has 0 saturated heterocycles. The predicted octanol–water partition coefficient (Wildman–Crippen LogP) is 2.27. The van der Waals surface area contributed by atoms with Gasteiger partial charge in [0, 0.05) is 18.8 Å². The number of halogens is 1. The molecular formula is C17H27FN4OS. The average molecular weight is 354 g/mol. The number of benzene rings is 1. The SMILES string of the molecule is CCCNC(=O)CNC(=NCc1ccc(F)cc1CSC)NCC. The Morgan fingerprint density at radius 3 is 2.67 bits per heavy atom. The number of hydrogen-bond donors (Lipinski definition) is 3. The van der Waals surface area contributed by atoms with Crippen LogP contribution in [0.4, 0.5) is 4.39 Å². The average Bonchev–Trinajstić information content (AvgIpc) is 2.57. The topological polar surface area (TPSA) is 65.5 Å². The second-order valence-electron chi connectivity index (χ2n) is 5.24. The van der Waals surface area contributed by atoms with Crippen LogP contribution in [0.1, 0.15) is 31.4 Å². The van der Waals surface area contributed by atoms with Crippen molar-refractivity contribution in [1.82, 2.24) is 16.0 Å². The van der Waals surface area contributed by atoms with Gasteiger partial charge in [-0.15, -0.1) is 0 Å². The maximum Gasteiger partial charge on any atom is 0.239 e. The first-order valence-electron chi connectivity index (χ1n) is 8.15. The number of amides is 1. The van der Waals surface area contributed by atoms with Crippen molar-refractivity contribution >= 4 is 23.6 Å². The summed E-state index contributed by atoms with van der Waals surface area (Å²) in [5.74, 6) is 1.02. The quantitative estimate of drug-likeness (QED) is 0.470. The molecule has 3 N–H and O–H groups in total. The molecule has 0 radical (unpaired) electrons. The summed E-state index contributed by atoms with van der Waals surface area (Å²) in [5, 5.41) is 8.92. The van der Waals surface area contributed by atoms with Gasteiger partial charge in [0.1, 0.15) is 5.82 Å². The number of carbonyl (C=O) groups excluding carboxylic acids is 1. The third-order valence-electron chi connectivity index (χ3n) is 3.21. The lowest BCUT2D eigenvalue weighted by molar-refractivity contribution is -0.120. The lowest BCUT2D eigenvalue weighted by Gasteiger charge is -2.12. The minimum Gasteiger partial charge on any atom is -0.357 e. The molecule has 0 aromatic heterocycles. The van der Waals surface area contributed by atoms with Crippen molar-refractivity contribution in [1.29, 1.82) is 0 Å². The monoisotopic (exact) mass is 354 g/mol. The van der Waals surface area contributed by atoms with Crippen LogP contribution in [-0.4, -0.2) is 37.8 Å². The number of rotatable bonds is 9. The zero-order chi connectivity index (χ0) is 17.8. The summed E-state index contributed by atoms with van der Waals surface area (Å²) in [6.07, 6.45) is 2.89. The number of hydrogen-bond acceptors (Lipinski definition) is 3. The zero-order valence-electron chi connectivity index (χ0n) is 14.6. The number of aliphatic imine (C=N–C) groups is 1. The summed E-state index contributed by atoms with van der Waals surface area (Å²) in [5.41, 5.74) is 1.93.